The molecule has 4 nitrogen and oxygen atoms in total. The molecule has 0 saturated carbocycles. The molecule has 3 aromatic carbocycles. The van der Waals surface area contributed by atoms with Crippen LogP contribution >= 0.6 is 27.5 Å². The second kappa shape index (κ2) is 8.13. The van der Waals surface area contributed by atoms with Crippen molar-refractivity contribution in [1.29, 1.82) is 0 Å². The Kier molecular flexibility index (Phi) is 5.67. The largest absolute Gasteiger partial charge is 0.457 e. The third-order valence-electron chi connectivity index (χ3n) is 5.20. The molecule has 0 atom stereocenters. The summed E-state index contributed by atoms with van der Waals surface area (Å²) in [6.07, 6.45) is 0. The molecule has 1 aliphatic rings. The topological polar surface area (TPSA) is 50.7 Å². The number of rotatable bonds is 3. The first-order valence-electron chi connectivity index (χ1n) is 9.91. The molecule has 0 spiro atoms. The van der Waals surface area contributed by atoms with Gasteiger partial charge in [-0.1, -0.05) is 44.5 Å². The first-order valence-corrected chi connectivity index (χ1v) is 11.1. The molecule has 0 bridgehead atoms. The van der Waals surface area contributed by atoms with Crippen LogP contribution in [-0.4, -0.2) is 11.6 Å². The summed E-state index contributed by atoms with van der Waals surface area (Å²) < 4.78 is 6.68. The fourth-order valence-electron chi connectivity index (χ4n) is 3.38. The number of fused-ring (bicyclic) bond motifs is 1. The normalized spacial score (nSPS) is 14.5. The average Bonchev–Trinajstić information content (AvgIpc) is 3.03. The molecule has 1 heterocycles. The van der Waals surface area contributed by atoms with Gasteiger partial charge < -0.3 is 10.1 Å². The van der Waals surface area contributed by atoms with E-state index in [4.69, 9.17) is 16.3 Å². The van der Waals surface area contributed by atoms with Gasteiger partial charge in [-0.2, -0.15) is 0 Å². The van der Waals surface area contributed by atoms with E-state index in [0.717, 1.165) is 21.3 Å². The van der Waals surface area contributed by atoms with Crippen LogP contribution in [0.3, 0.4) is 0 Å². The van der Waals surface area contributed by atoms with E-state index < -0.39 is 0 Å². The van der Waals surface area contributed by atoms with Gasteiger partial charge in [-0.3, -0.25) is 4.79 Å². The van der Waals surface area contributed by atoms with Gasteiger partial charge in [0.2, 0.25) is 0 Å². The number of hydrogen-bond donors (Lipinski definition) is 1. The van der Waals surface area contributed by atoms with Gasteiger partial charge in [-0.15, -0.1) is 0 Å². The SMILES string of the molecule is Cc1c(Cl)c(Br)cc2c1NC(=O)C2=Nc1ccc(Oc2ccc(C(C)(C)C)cc2)cc1. The molecule has 3 aromatic rings. The standard InChI is InChI=1S/C25H22BrClN2O2/c1-14-21(27)20(26)13-19-22(14)29-24(30)23(19)28-16-7-11-18(12-8-16)31-17-9-5-15(6-10-17)25(2,3)4/h5-13H,1-4H3,(H,28,29,30). The van der Waals surface area contributed by atoms with Gasteiger partial charge in [0.05, 0.1) is 16.4 Å². The highest BCUT2D eigenvalue weighted by Gasteiger charge is 2.29. The van der Waals surface area contributed by atoms with Crippen molar-refractivity contribution in [3.8, 4) is 11.5 Å². The van der Waals surface area contributed by atoms with Crippen LogP contribution in [0.25, 0.3) is 0 Å². The molecule has 31 heavy (non-hydrogen) atoms. The molecule has 1 N–H and O–H groups in total. The molecule has 158 valence electrons. The Morgan fingerprint density at radius 1 is 1.00 bits per heavy atom. The lowest BCUT2D eigenvalue weighted by atomic mass is 9.87. The number of halogens is 2. The number of amides is 1. The van der Waals surface area contributed by atoms with E-state index in [2.05, 4.69) is 59.1 Å². The van der Waals surface area contributed by atoms with Crippen molar-refractivity contribution in [3.05, 3.63) is 80.8 Å². The Morgan fingerprint density at radius 2 is 1.58 bits per heavy atom. The van der Waals surface area contributed by atoms with Crippen molar-refractivity contribution in [3.63, 3.8) is 0 Å². The summed E-state index contributed by atoms with van der Waals surface area (Å²) in [6, 6.07) is 17.3. The molecule has 1 amide bonds. The van der Waals surface area contributed by atoms with Crippen molar-refractivity contribution in [2.75, 3.05) is 5.32 Å². The van der Waals surface area contributed by atoms with Crippen LogP contribution in [0.2, 0.25) is 5.02 Å². The predicted molar refractivity (Wildman–Crippen MR) is 130 cm³/mol. The Hall–Kier alpha value is -2.63. The van der Waals surface area contributed by atoms with Gasteiger partial charge in [-0.25, -0.2) is 4.99 Å². The molecule has 6 heteroatoms. The van der Waals surface area contributed by atoms with Gasteiger partial charge in [0, 0.05) is 10.0 Å². The van der Waals surface area contributed by atoms with Crippen molar-refractivity contribution in [2.45, 2.75) is 33.1 Å². The minimum absolute atomic E-state index is 0.101. The van der Waals surface area contributed by atoms with E-state index in [9.17, 15) is 4.79 Å². The Labute approximate surface area is 195 Å². The first kappa shape index (κ1) is 21.6. The summed E-state index contributed by atoms with van der Waals surface area (Å²) in [5.74, 6) is 1.23. The smallest absolute Gasteiger partial charge is 0.275 e. The highest BCUT2D eigenvalue weighted by Crippen LogP contribution is 2.38. The number of aliphatic imine (C=N–C) groups is 1. The number of ether oxygens (including phenoxy) is 1. The molecule has 0 unspecified atom stereocenters. The maximum Gasteiger partial charge on any atom is 0.275 e. The molecule has 0 saturated heterocycles. The van der Waals surface area contributed by atoms with Crippen LogP contribution in [0.5, 0.6) is 11.5 Å². The molecular formula is C25H22BrClN2O2. The molecule has 1 aliphatic heterocycles. The van der Waals surface area contributed by atoms with Crippen molar-refractivity contribution in [2.24, 2.45) is 4.99 Å². The molecule has 0 fully saturated rings. The van der Waals surface area contributed by atoms with Crippen LogP contribution in [-0.2, 0) is 10.2 Å². The minimum atomic E-state index is -0.244. The highest BCUT2D eigenvalue weighted by atomic mass is 79.9. The lowest BCUT2D eigenvalue weighted by molar-refractivity contribution is -0.110. The maximum absolute atomic E-state index is 12.5. The molecule has 0 aliphatic carbocycles. The highest BCUT2D eigenvalue weighted by molar-refractivity contribution is 9.10. The van der Waals surface area contributed by atoms with Crippen LogP contribution in [0.4, 0.5) is 11.4 Å². The molecule has 4 rings (SSSR count). The monoisotopic (exact) mass is 496 g/mol. The van der Waals surface area contributed by atoms with E-state index in [-0.39, 0.29) is 11.3 Å². The zero-order chi connectivity index (χ0) is 22.3. The first-order chi connectivity index (χ1) is 14.6. The Bertz CT molecular complexity index is 1190. The third kappa shape index (κ3) is 4.39. The van der Waals surface area contributed by atoms with E-state index in [0.29, 0.717) is 27.9 Å². The quantitative estimate of drug-likeness (QED) is 0.405. The van der Waals surface area contributed by atoms with Gasteiger partial charge in [0.15, 0.2) is 0 Å². The molecular weight excluding hydrogens is 476 g/mol. The fraction of sp³-hybridized carbons (Fsp3) is 0.200. The number of nitrogens with one attached hydrogen (secondary N) is 1. The molecule has 0 aromatic heterocycles. The second-order valence-electron chi connectivity index (χ2n) is 8.50. The lowest BCUT2D eigenvalue weighted by Gasteiger charge is -2.19. The summed E-state index contributed by atoms with van der Waals surface area (Å²) in [7, 11) is 0. The summed E-state index contributed by atoms with van der Waals surface area (Å²) in [5, 5.41) is 3.44. The van der Waals surface area contributed by atoms with Crippen LogP contribution in [0, 0.1) is 6.92 Å². The van der Waals surface area contributed by atoms with Gasteiger partial charge >= 0.3 is 0 Å². The Morgan fingerprint density at radius 3 is 2.16 bits per heavy atom. The van der Waals surface area contributed by atoms with Crippen molar-refractivity contribution in [1.82, 2.24) is 0 Å². The Balaban J connectivity index is 1.56. The van der Waals surface area contributed by atoms with E-state index in [1.165, 1.54) is 5.56 Å². The van der Waals surface area contributed by atoms with Crippen LogP contribution < -0.4 is 10.1 Å². The van der Waals surface area contributed by atoms with E-state index in [1.54, 1.807) is 0 Å². The van der Waals surface area contributed by atoms with Crippen LogP contribution in [0.1, 0.15) is 37.5 Å². The zero-order valence-corrected chi connectivity index (χ0v) is 20.1. The maximum atomic E-state index is 12.5. The van der Waals surface area contributed by atoms with E-state index in [1.807, 2.05) is 49.4 Å². The van der Waals surface area contributed by atoms with Crippen molar-refractivity contribution >= 4 is 50.5 Å². The summed E-state index contributed by atoms with van der Waals surface area (Å²) in [4.78, 5) is 17.1. The van der Waals surface area contributed by atoms with Gasteiger partial charge in [0.25, 0.3) is 5.91 Å². The average molecular weight is 498 g/mol. The van der Waals surface area contributed by atoms with Gasteiger partial charge in [-0.05, 0) is 81.9 Å². The summed E-state index contributed by atoms with van der Waals surface area (Å²) in [5.41, 5.74) is 4.63. The fourth-order valence-corrected chi connectivity index (χ4v) is 4.06. The number of carbonyl (C=O) groups is 1. The number of nitrogens with zero attached hydrogens (tertiary/aromatic N) is 1. The lowest BCUT2D eigenvalue weighted by Crippen LogP contribution is -2.13. The third-order valence-corrected chi connectivity index (χ3v) is 6.54. The number of anilines is 1. The number of carbonyl (C=O) groups excluding carboxylic acids is 1. The number of benzene rings is 3. The van der Waals surface area contributed by atoms with Crippen molar-refractivity contribution < 1.29 is 9.53 Å². The predicted octanol–water partition coefficient (Wildman–Crippen LogP) is 7.57. The number of hydrogen-bond acceptors (Lipinski definition) is 3. The minimum Gasteiger partial charge on any atom is -0.457 e. The van der Waals surface area contributed by atoms with E-state index >= 15 is 0 Å². The van der Waals surface area contributed by atoms with Crippen LogP contribution in [0.15, 0.2) is 64.1 Å². The summed E-state index contributed by atoms with van der Waals surface area (Å²) in [6.45, 7) is 8.41. The zero-order valence-electron chi connectivity index (χ0n) is 17.7. The second-order valence-corrected chi connectivity index (χ2v) is 9.74. The van der Waals surface area contributed by atoms with Gasteiger partial charge in [0.1, 0.15) is 17.2 Å². The summed E-state index contributed by atoms with van der Waals surface area (Å²) >= 11 is 9.73. The molecule has 0 radical (unpaired) electrons.